The summed E-state index contributed by atoms with van der Waals surface area (Å²) in [5.41, 5.74) is 7.96. The Balaban J connectivity index is 2.39. The van der Waals surface area contributed by atoms with Crippen molar-refractivity contribution in [2.45, 2.75) is 20.4 Å². The summed E-state index contributed by atoms with van der Waals surface area (Å²) in [6.45, 7) is 5.72. The van der Waals surface area contributed by atoms with Crippen molar-refractivity contribution < 1.29 is 4.74 Å². The lowest BCUT2D eigenvalue weighted by atomic mass is 10.2. The number of nitrogens with zero attached hydrogens (tertiary/aromatic N) is 2. The van der Waals surface area contributed by atoms with Gasteiger partial charge in [-0.2, -0.15) is 11.8 Å². The van der Waals surface area contributed by atoms with Crippen LogP contribution >= 0.6 is 11.8 Å². The number of hydrogen-bond acceptors (Lipinski definition) is 4. The molecule has 2 rings (SSSR count). The molecule has 1 aromatic carbocycles. The number of para-hydroxylation sites is 1. The number of imidazole rings is 1. The summed E-state index contributed by atoms with van der Waals surface area (Å²) in [5.74, 6) is 3.05. The minimum absolute atomic E-state index is 0.561. The van der Waals surface area contributed by atoms with Gasteiger partial charge in [-0.15, -0.1) is 0 Å². The van der Waals surface area contributed by atoms with Crippen LogP contribution in [0.25, 0.3) is 11.0 Å². The van der Waals surface area contributed by atoms with E-state index in [1.54, 1.807) is 0 Å². The zero-order valence-corrected chi connectivity index (χ0v) is 12.5. The number of nitrogens with two attached hydrogens (primary N) is 1. The van der Waals surface area contributed by atoms with E-state index >= 15 is 0 Å². The van der Waals surface area contributed by atoms with E-state index in [0.29, 0.717) is 18.5 Å². The van der Waals surface area contributed by atoms with E-state index in [0.717, 1.165) is 29.1 Å². The van der Waals surface area contributed by atoms with Crippen molar-refractivity contribution in [2.24, 2.45) is 5.92 Å². The molecule has 0 amide bonds. The van der Waals surface area contributed by atoms with Gasteiger partial charge in [0.2, 0.25) is 5.95 Å². The topological polar surface area (TPSA) is 53.1 Å². The third kappa shape index (κ3) is 2.97. The molecule has 104 valence electrons. The summed E-state index contributed by atoms with van der Waals surface area (Å²) >= 11 is 1.85. The number of hydrogen-bond donors (Lipinski definition) is 1. The second-order valence-corrected chi connectivity index (χ2v) is 5.61. The minimum Gasteiger partial charge on any atom is -0.492 e. The Kier molecular flexibility index (Phi) is 4.58. The first kappa shape index (κ1) is 14.1. The van der Waals surface area contributed by atoms with Crippen LogP contribution in [0.1, 0.15) is 13.8 Å². The summed E-state index contributed by atoms with van der Waals surface area (Å²) in [4.78, 5) is 4.45. The fourth-order valence-electron chi connectivity index (χ4n) is 2.25. The Morgan fingerprint density at radius 3 is 2.95 bits per heavy atom. The number of anilines is 1. The molecule has 1 aromatic heterocycles. The van der Waals surface area contributed by atoms with Crippen LogP contribution in [0.5, 0.6) is 5.75 Å². The molecule has 0 fully saturated rings. The maximum absolute atomic E-state index is 6.05. The average molecular weight is 279 g/mol. The molecule has 0 saturated carbocycles. The number of rotatable bonds is 6. The van der Waals surface area contributed by atoms with E-state index in [1.165, 1.54) is 0 Å². The molecule has 0 aliphatic carbocycles. The lowest BCUT2D eigenvalue weighted by molar-refractivity contribution is 0.343. The van der Waals surface area contributed by atoms with Gasteiger partial charge in [-0.1, -0.05) is 13.0 Å². The molecular weight excluding hydrogens is 258 g/mol. The van der Waals surface area contributed by atoms with E-state index < -0.39 is 0 Å². The van der Waals surface area contributed by atoms with Gasteiger partial charge in [-0.25, -0.2) is 4.98 Å². The predicted octanol–water partition coefficient (Wildman–Crippen LogP) is 3.02. The molecule has 1 atom stereocenters. The first-order valence-corrected chi connectivity index (χ1v) is 7.93. The van der Waals surface area contributed by atoms with Crippen molar-refractivity contribution in [1.82, 2.24) is 9.55 Å². The van der Waals surface area contributed by atoms with Crippen molar-refractivity contribution in [3.05, 3.63) is 18.2 Å². The summed E-state index contributed by atoms with van der Waals surface area (Å²) in [7, 11) is 0. The summed E-state index contributed by atoms with van der Waals surface area (Å²) < 4.78 is 7.69. The van der Waals surface area contributed by atoms with E-state index in [4.69, 9.17) is 10.5 Å². The van der Waals surface area contributed by atoms with Crippen LogP contribution in [0.15, 0.2) is 18.2 Å². The zero-order valence-electron chi connectivity index (χ0n) is 11.7. The lowest BCUT2D eigenvalue weighted by Gasteiger charge is -2.13. The number of thioether (sulfide) groups is 1. The normalized spacial score (nSPS) is 12.8. The van der Waals surface area contributed by atoms with Crippen molar-refractivity contribution in [3.63, 3.8) is 0 Å². The summed E-state index contributed by atoms with van der Waals surface area (Å²) in [6.07, 6.45) is 2.12. The largest absolute Gasteiger partial charge is 0.492 e. The second-order valence-electron chi connectivity index (χ2n) is 4.70. The van der Waals surface area contributed by atoms with E-state index in [1.807, 2.05) is 36.9 Å². The van der Waals surface area contributed by atoms with Gasteiger partial charge in [0.25, 0.3) is 0 Å². The maximum atomic E-state index is 6.05. The molecule has 0 aliphatic rings. The molecule has 2 N–H and O–H groups in total. The highest BCUT2D eigenvalue weighted by Gasteiger charge is 2.14. The third-order valence-corrected chi connectivity index (χ3v) is 3.92. The quantitative estimate of drug-likeness (QED) is 0.883. The van der Waals surface area contributed by atoms with Crippen molar-refractivity contribution in [2.75, 3.05) is 24.3 Å². The summed E-state index contributed by atoms with van der Waals surface area (Å²) in [6, 6.07) is 5.98. The SMILES string of the molecule is CCOc1cccc2c1nc(N)n2CC(C)CSC. The first-order valence-electron chi connectivity index (χ1n) is 6.53. The highest BCUT2D eigenvalue weighted by atomic mass is 32.2. The van der Waals surface area contributed by atoms with Crippen LogP contribution in [0, 0.1) is 5.92 Å². The third-order valence-electron chi connectivity index (χ3n) is 3.02. The fourth-order valence-corrected chi connectivity index (χ4v) is 2.93. The maximum Gasteiger partial charge on any atom is 0.201 e. The number of aromatic nitrogens is 2. The number of ether oxygens (including phenoxy) is 1. The van der Waals surface area contributed by atoms with Gasteiger partial charge in [-0.3, -0.25) is 0 Å². The predicted molar refractivity (Wildman–Crippen MR) is 82.9 cm³/mol. The molecule has 1 unspecified atom stereocenters. The van der Waals surface area contributed by atoms with E-state index in [9.17, 15) is 0 Å². The Hall–Kier alpha value is -1.36. The Morgan fingerprint density at radius 1 is 1.47 bits per heavy atom. The van der Waals surface area contributed by atoms with E-state index in [2.05, 4.69) is 22.7 Å². The molecule has 1 heterocycles. The molecular formula is C14H21N3OS. The monoisotopic (exact) mass is 279 g/mol. The molecule has 0 radical (unpaired) electrons. The van der Waals surface area contributed by atoms with Crippen LogP contribution < -0.4 is 10.5 Å². The van der Waals surface area contributed by atoms with Crippen molar-refractivity contribution >= 4 is 28.7 Å². The molecule has 0 bridgehead atoms. The molecule has 2 aromatic rings. The van der Waals surface area contributed by atoms with Crippen molar-refractivity contribution in [1.29, 1.82) is 0 Å². The molecule has 19 heavy (non-hydrogen) atoms. The van der Waals surface area contributed by atoms with Crippen LogP contribution in [0.3, 0.4) is 0 Å². The highest BCUT2D eigenvalue weighted by molar-refractivity contribution is 7.98. The average Bonchev–Trinajstić information content (AvgIpc) is 2.68. The Bertz CT molecular complexity index is 553. The van der Waals surface area contributed by atoms with Crippen LogP contribution in [-0.2, 0) is 6.54 Å². The smallest absolute Gasteiger partial charge is 0.201 e. The minimum atomic E-state index is 0.561. The van der Waals surface area contributed by atoms with Gasteiger partial charge in [0.15, 0.2) is 0 Å². The first-order chi connectivity index (χ1) is 9.17. The summed E-state index contributed by atoms with van der Waals surface area (Å²) in [5, 5.41) is 0. The van der Waals surface area contributed by atoms with Gasteiger partial charge in [-0.05, 0) is 37.0 Å². The highest BCUT2D eigenvalue weighted by Crippen LogP contribution is 2.28. The molecule has 4 nitrogen and oxygen atoms in total. The molecule has 0 aliphatic heterocycles. The zero-order chi connectivity index (χ0) is 13.8. The Labute approximate surface area is 118 Å². The van der Waals surface area contributed by atoms with Gasteiger partial charge in [0.1, 0.15) is 11.3 Å². The van der Waals surface area contributed by atoms with Crippen LogP contribution in [0.2, 0.25) is 0 Å². The van der Waals surface area contributed by atoms with Gasteiger partial charge in [0, 0.05) is 6.54 Å². The van der Waals surface area contributed by atoms with Gasteiger partial charge in [0.05, 0.1) is 12.1 Å². The van der Waals surface area contributed by atoms with E-state index in [-0.39, 0.29) is 0 Å². The Morgan fingerprint density at radius 2 is 2.26 bits per heavy atom. The number of fused-ring (bicyclic) bond motifs is 1. The van der Waals surface area contributed by atoms with Crippen molar-refractivity contribution in [3.8, 4) is 5.75 Å². The fraction of sp³-hybridized carbons (Fsp3) is 0.500. The number of nitrogen functional groups attached to an aromatic ring is 1. The van der Waals surface area contributed by atoms with Crippen LogP contribution in [-0.4, -0.2) is 28.2 Å². The lowest BCUT2D eigenvalue weighted by Crippen LogP contribution is -2.12. The molecule has 5 heteroatoms. The van der Waals surface area contributed by atoms with Gasteiger partial charge >= 0.3 is 0 Å². The molecule has 0 saturated heterocycles. The van der Waals surface area contributed by atoms with Gasteiger partial charge < -0.3 is 15.0 Å². The standard InChI is InChI=1S/C14H21N3OS/c1-4-18-12-7-5-6-11-13(12)16-14(15)17(11)8-10(2)9-19-3/h5-7,10H,4,8-9H2,1-3H3,(H2,15,16). The number of benzene rings is 1. The second kappa shape index (κ2) is 6.19. The molecule has 0 spiro atoms. The van der Waals surface area contributed by atoms with Crippen LogP contribution in [0.4, 0.5) is 5.95 Å².